The van der Waals surface area contributed by atoms with E-state index in [9.17, 15) is 0 Å². The Balaban J connectivity index is 2.42. The monoisotopic (exact) mass is 162 g/mol. The maximum Gasteiger partial charge on any atom is 0.115 e. The van der Waals surface area contributed by atoms with E-state index >= 15 is 0 Å². The SMILES string of the molecule is Cc1ncnc2c1CCCCC2. The number of hydrogen-bond donors (Lipinski definition) is 0. The van der Waals surface area contributed by atoms with Crippen LogP contribution < -0.4 is 0 Å². The quantitative estimate of drug-likeness (QED) is 0.546. The number of rotatable bonds is 0. The Kier molecular flexibility index (Phi) is 2.07. The van der Waals surface area contributed by atoms with Crippen molar-refractivity contribution in [1.29, 1.82) is 0 Å². The van der Waals surface area contributed by atoms with Crippen molar-refractivity contribution in [3.63, 3.8) is 0 Å². The van der Waals surface area contributed by atoms with Gasteiger partial charge in [-0.25, -0.2) is 9.97 Å². The van der Waals surface area contributed by atoms with E-state index in [0.717, 1.165) is 6.42 Å². The highest BCUT2D eigenvalue weighted by atomic mass is 14.8. The fraction of sp³-hybridized carbons (Fsp3) is 0.600. The predicted molar refractivity (Wildman–Crippen MR) is 48.0 cm³/mol. The van der Waals surface area contributed by atoms with E-state index in [2.05, 4.69) is 16.9 Å². The molecule has 0 aliphatic heterocycles. The second kappa shape index (κ2) is 3.21. The van der Waals surface area contributed by atoms with Gasteiger partial charge in [-0.15, -0.1) is 0 Å². The fourth-order valence-electron chi connectivity index (χ4n) is 1.86. The summed E-state index contributed by atoms with van der Waals surface area (Å²) in [6.45, 7) is 2.09. The average molecular weight is 162 g/mol. The van der Waals surface area contributed by atoms with E-state index in [-0.39, 0.29) is 0 Å². The summed E-state index contributed by atoms with van der Waals surface area (Å²) in [7, 11) is 0. The van der Waals surface area contributed by atoms with Gasteiger partial charge in [0.1, 0.15) is 6.33 Å². The van der Waals surface area contributed by atoms with E-state index in [0.29, 0.717) is 0 Å². The highest BCUT2D eigenvalue weighted by molar-refractivity contribution is 5.24. The first kappa shape index (κ1) is 7.71. The third-order valence-corrected chi connectivity index (χ3v) is 2.59. The Labute approximate surface area is 73.1 Å². The van der Waals surface area contributed by atoms with Crippen molar-refractivity contribution >= 4 is 0 Å². The molecule has 1 aromatic rings. The van der Waals surface area contributed by atoms with Crippen LogP contribution in [0.15, 0.2) is 6.33 Å². The molecule has 0 unspecified atom stereocenters. The van der Waals surface area contributed by atoms with Gasteiger partial charge in [-0.2, -0.15) is 0 Å². The molecular weight excluding hydrogens is 148 g/mol. The van der Waals surface area contributed by atoms with Crippen molar-refractivity contribution in [2.45, 2.75) is 39.0 Å². The Morgan fingerprint density at radius 1 is 1.08 bits per heavy atom. The van der Waals surface area contributed by atoms with Crippen LogP contribution >= 0.6 is 0 Å². The Hall–Kier alpha value is -0.920. The predicted octanol–water partition coefficient (Wildman–Crippen LogP) is 2.05. The summed E-state index contributed by atoms with van der Waals surface area (Å²) in [6.07, 6.45) is 7.97. The van der Waals surface area contributed by atoms with Crippen molar-refractivity contribution in [2.24, 2.45) is 0 Å². The molecular formula is C10H14N2. The zero-order chi connectivity index (χ0) is 8.39. The largest absolute Gasteiger partial charge is 0.241 e. The van der Waals surface area contributed by atoms with Gasteiger partial charge in [-0.3, -0.25) is 0 Å². The second-order valence-electron chi connectivity index (χ2n) is 3.44. The lowest BCUT2D eigenvalue weighted by Crippen LogP contribution is -2.00. The van der Waals surface area contributed by atoms with E-state index in [1.54, 1.807) is 6.33 Å². The molecule has 0 bridgehead atoms. The third-order valence-electron chi connectivity index (χ3n) is 2.59. The minimum absolute atomic E-state index is 1.15. The normalized spacial score (nSPS) is 16.8. The fourth-order valence-corrected chi connectivity index (χ4v) is 1.86. The Bertz CT molecular complexity index is 281. The number of aromatic nitrogens is 2. The minimum Gasteiger partial charge on any atom is -0.241 e. The topological polar surface area (TPSA) is 25.8 Å². The van der Waals surface area contributed by atoms with Crippen molar-refractivity contribution in [2.75, 3.05) is 0 Å². The van der Waals surface area contributed by atoms with Crippen molar-refractivity contribution in [3.8, 4) is 0 Å². The molecule has 12 heavy (non-hydrogen) atoms. The first-order valence-corrected chi connectivity index (χ1v) is 4.67. The molecule has 2 heteroatoms. The molecule has 0 fully saturated rings. The van der Waals surface area contributed by atoms with Gasteiger partial charge in [0, 0.05) is 11.4 Å². The summed E-state index contributed by atoms with van der Waals surface area (Å²) in [4.78, 5) is 8.55. The van der Waals surface area contributed by atoms with Crippen LogP contribution in [0.2, 0.25) is 0 Å². The van der Waals surface area contributed by atoms with Crippen LogP contribution in [0.25, 0.3) is 0 Å². The van der Waals surface area contributed by atoms with Gasteiger partial charge in [0.2, 0.25) is 0 Å². The molecule has 1 aromatic heterocycles. The highest BCUT2D eigenvalue weighted by Crippen LogP contribution is 2.19. The summed E-state index contributed by atoms with van der Waals surface area (Å²) in [5.41, 5.74) is 3.89. The molecule has 0 atom stereocenters. The van der Waals surface area contributed by atoms with Crippen LogP contribution in [0.1, 0.15) is 36.2 Å². The maximum atomic E-state index is 4.33. The lowest BCUT2D eigenvalue weighted by atomic mass is 10.1. The lowest BCUT2D eigenvalue weighted by molar-refractivity contribution is 0.708. The molecule has 0 saturated carbocycles. The van der Waals surface area contributed by atoms with E-state index in [1.807, 2.05) is 0 Å². The molecule has 0 radical (unpaired) electrons. The number of aryl methyl sites for hydroxylation is 2. The van der Waals surface area contributed by atoms with Gasteiger partial charge in [0.15, 0.2) is 0 Å². The molecule has 0 spiro atoms. The molecule has 0 aromatic carbocycles. The molecule has 1 heterocycles. The first-order chi connectivity index (χ1) is 5.88. The van der Waals surface area contributed by atoms with E-state index in [1.165, 1.54) is 42.6 Å². The van der Waals surface area contributed by atoms with Crippen LogP contribution in [-0.4, -0.2) is 9.97 Å². The second-order valence-corrected chi connectivity index (χ2v) is 3.44. The zero-order valence-corrected chi connectivity index (χ0v) is 7.51. The molecule has 0 amide bonds. The smallest absolute Gasteiger partial charge is 0.115 e. The zero-order valence-electron chi connectivity index (χ0n) is 7.51. The van der Waals surface area contributed by atoms with Crippen molar-refractivity contribution in [1.82, 2.24) is 9.97 Å². The third kappa shape index (κ3) is 1.33. The van der Waals surface area contributed by atoms with E-state index in [4.69, 9.17) is 0 Å². The van der Waals surface area contributed by atoms with Crippen LogP contribution in [-0.2, 0) is 12.8 Å². The number of nitrogens with zero attached hydrogens (tertiary/aromatic N) is 2. The Morgan fingerprint density at radius 2 is 1.92 bits per heavy atom. The maximum absolute atomic E-state index is 4.33. The summed E-state index contributed by atoms with van der Waals surface area (Å²) in [5.74, 6) is 0. The summed E-state index contributed by atoms with van der Waals surface area (Å²) in [5, 5.41) is 0. The first-order valence-electron chi connectivity index (χ1n) is 4.67. The number of hydrogen-bond acceptors (Lipinski definition) is 2. The minimum atomic E-state index is 1.15. The van der Waals surface area contributed by atoms with Gasteiger partial charge >= 0.3 is 0 Å². The van der Waals surface area contributed by atoms with Crippen LogP contribution in [0.4, 0.5) is 0 Å². The summed E-state index contributed by atoms with van der Waals surface area (Å²) >= 11 is 0. The van der Waals surface area contributed by atoms with Gasteiger partial charge in [0.25, 0.3) is 0 Å². The van der Waals surface area contributed by atoms with Crippen LogP contribution in [0, 0.1) is 6.92 Å². The molecule has 64 valence electrons. The molecule has 2 nitrogen and oxygen atoms in total. The molecule has 1 aliphatic carbocycles. The van der Waals surface area contributed by atoms with Gasteiger partial charge in [-0.05, 0) is 38.2 Å². The molecule has 1 aliphatic rings. The summed E-state index contributed by atoms with van der Waals surface area (Å²) in [6, 6.07) is 0. The van der Waals surface area contributed by atoms with Crippen LogP contribution in [0.3, 0.4) is 0 Å². The van der Waals surface area contributed by atoms with Gasteiger partial charge < -0.3 is 0 Å². The van der Waals surface area contributed by atoms with Gasteiger partial charge in [-0.1, -0.05) is 6.42 Å². The van der Waals surface area contributed by atoms with Crippen molar-refractivity contribution in [3.05, 3.63) is 23.3 Å². The van der Waals surface area contributed by atoms with Crippen molar-refractivity contribution < 1.29 is 0 Å². The molecule has 2 rings (SSSR count). The molecule has 0 saturated heterocycles. The highest BCUT2D eigenvalue weighted by Gasteiger charge is 2.10. The van der Waals surface area contributed by atoms with E-state index < -0.39 is 0 Å². The summed E-state index contributed by atoms with van der Waals surface area (Å²) < 4.78 is 0. The standard InChI is InChI=1S/C10H14N2/c1-8-9-5-3-2-4-6-10(9)12-7-11-8/h7H,2-6H2,1H3. The number of fused-ring (bicyclic) bond motifs is 1. The van der Waals surface area contributed by atoms with Gasteiger partial charge in [0.05, 0.1) is 0 Å². The molecule has 0 N–H and O–H groups in total. The average Bonchev–Trinajstić information content (AvgIpc) is 2.30. The lowest BCUT2D eigenvalue weighted by Gasteiger charge is -2.05. The Morgan fingerprint density at radius 3 is 2.83 bits per heavy atom. The van der Waals surface area contributed by atoms with Crippen LogP contribution in [0.5, 0.6) is 0 Å².